The van der Waals surface area contributed by atoms with Crippen LogP contribution in [0.15, 0.2) is 35.1 Å². The Balaban J connectivity index is 0.00000140. The van der Waals surface area contributed by atoms with Crippen LogP contribution < -0.4 is 10.6 Å². The molecule has 0 aromatic carbocycles. The second-order valence-electron chi connectivity index (χ2n) is 6.29. The van der Waals surface area contributed by atoms with Crippen molar-refractivity contribution < 1.29 is 4.52 Å². The van der Waals surface area contributed by atoms with Gasteiger partial charge in [0.2, 0.25) is 0 Å². The van der Waals surface area contributed by atoms with Crippen molar-refractivity contribution in [2.24, 2.45) is 0 Å². The monoisotopic (exact) mass is 422 g/mol. The van der Waals surface area contributed by atoms with Gasteiger partial charge in [-0.05, 0) is 25.1 Å². The number of pyridine rings is 1. The summed E-state index contributed by atoms with van der Waals surface area (Å²) in [5, 5.41) is 11.0. The zero-order valence-corrected chi connectivity index (χ0v) is 17.3. The molecule has 4 rings (SSSR count). The van der Waals surface area contributed by atoms with Crippen LogP contribution in [0, 0.1) is 0 Å². The number of nitrogens with zero attached hydrogens (tertiary/aromatic N) is 4. The number of aromatic nitrogens is 4. The second kappa shape index (κ2) is 10.4. The van der Waals surface area contributed by atoms with Crippen molar-refractivity contribution in [3.05, 3.63) is 53.4 Å². The molecule has 0 radical (unpaired) electrons. The van der Waals surface area contributed by atoms with Crippen molar-refractivity contribution in [3.63, 3.8) is 0 Å². The van der Waals surface area contributed by atoms with Gasteiger partial charge < -0.3 is 15.2 Å². The molecule has 2 N–H and O–H groups in total. The van der Waals surface area contributed by atoms with Crippen LogP contribution in [-0.2, 0) is 25.8 Å². The van der Waals surface area contributed by atoms with Crippen LogP contribution in [0.5, 0.6) is 0 Å². The summed E-state index contributed by atoms with van der Waals surface area (Å²) in [5.41, 5.74) is 4.09. The number of rotatable bonds is 5. The third kappa shape index (κ3) is 4.98. The van der Waals surface area contributed by atoms with E-state index in [0.717, 1.165) is 66.7 Å². The zero-order valence-electron chi connectivity index (χ0n) is 15.6. The normalized spacial score (nSPS) is 12.9. The maximum absolute atomic E-state index is 5.47. The highest BCUT2D eigenvalue weighted by Gasteiger charge is 2.16. The Morgan fingerprint density at radius 3 is 2.82 bits per heavy atom. The summed E-state index contributed by atoms with van der Waals surface area (Å²) in [4.78, 5) is 13.5. The Kier molecular flexibility index (Phi) is 8.17. The first-order valence-electron chi connectivity index (χ1n) is 9.02. The zero-order chi connectivity index (χ0) is 17.8. The highest BCUT2D eigenvalue weighted by atomic mass is 35.5. The van der Waals surface area contributed by atoms with Crippen LogP contribution in [0.4, 0.5) is 5.82 Å². The van der Waals surface area contributed by atoms with Crippen LogP contribution in [0.25, 0.3) is 11.3 Å². The predicted molar refractivity (Wildman–Crippen MR) is 113 cm³/mol. The minimum atomic E-state index is 0. The maximum Gasteiger partial charge on any atom is 0.156 e. The molecule has 7 nitrogen and oxygen atoms in total. The summed E-state index contributed by atoms with van der Waals surface area (Å²) in [6.45, 7) is 4.53. The number of hydrogen-bond donors (Lipinski definition) is 2. The van der Waals surface area contributed by atoms with E-state index in [-0.39, 0.29) is 24.8 Å². The van der Waals surface area contributed by atoms with Gasteiger partial charge in [-0.1, -0.05) is 12.1 Å². The van der Waals surface area contributed by atoms with Gasteiger partial charge in [0.15, 0.2) is 5.76 Å². The maximum atomic E-state index is 5.47. The number of fused-ring (bicyclic) bond motifs is 1. The molecule has 1 aliphatic rings. The Morgan fingerprint density at radius 2 is 2.04 bits per heavy atom. The first-order chi connectivity index (χ1) is 12.8. The fourth-order valence-electron chi connectivity index (χ4n) is 3.12. The summed E-state index contributed by atoms with van der Waals surface area (Å²) in [6, 6.07) is 5.79. The summed E-state index contributed by atoms with van der Waals surface area (Å²) in [7, 11) is 0. The average molecular weight is 423 g/mol. The molecular weight excluding hydrogens is 399 g/mol. The van der Waals surface area contributed by atoms with Crippen LogP contribution in [0.2, 0.25) is 0 Å². The molecule has 0 spiro atoms. The van der Waals surface area contributed by atoms with Crippen LogP contribution >= 0.6 is 24.8 Å². The number of anilines is 1. The quantitative estimate of drug-likeness (QED) is 0.651. The molecular formula is C19H24Cl2N6O. The molecule has 3 aromatic rings. The molecule has 0 saturated carbocycles. The highest BCUT2D eigenvalue weighted by Crippen LogP contribution is 2.22. The molecule has 4 heterocycles. The van der Waals surface area contributed by atoms with E-state index in [2.05, 4.69) is 27.7 Å². The van der Waals surface area contributed by atoms with Gasteiger partial charge >= 0.3 is 0 Å². The van der Waals surface area contributed by atoms with Gasteiger partial charge in [0, 0.05) is 49.0 Å². The van der Waals surface area contributed by atoms with Gasteiger partial charge in [-0.15, -0.1) is 24.8 Å². The summed E-state index contributed by atoms with van der Waals surface area (Å²) in [6.07, 6.45) is 6.21. The molecule has 0 unspecified atom stereocenters. The van der Waals surface area contributed by atoms with E-state index < -0.39 is 0 Å². The van der Waals surface area contributed by atoms with Crippen LogP contribution in [-0.4, -0.2) is 33.2 Å². The topological polar surface area (TPSA) is 88.8 Å². The van der Waals surface area contributed by atoms with Crippen molar-refractivity contribution in [1.82, 2.24) is 25.4 Å². The van der Waals surface area contributed by atoms with Gasteiger partial charge in [0.1, 0.15) is 17.3 Å². The number of aryl methyl sites for hydroxylation is 1. The third-order valence-electron chi connectivity index (χ3n) is 4.49. The molecule has 0 aliphatic carbocycles. The molecule has 150 valence electrons. The van der Waals surface area contributed by atoms with Crippen molar-refractivity contribution in [3.8, 4) is 11.3 Å². The molecule has 0 saturated heterocycles. The number of halogens is 2. The molecule has 28 heavy (non-hydrogen) atoms. The molecule has 3 aromatic heterocycles. The fraction of sp³-hybridized carbons (Fsp3) is 0.368. The Morgan fingerprint density at radius 1 is 1.18 bits per heavy atom. The van der Waals surface area contributed by atoms with Crippen LogP contribution in [0.1, 0.15) is 29.8 Å². The molecule has 0 fully saturated rings. The standard InChI is InChI=1S/C19H22N6O.2ClH/c1-2-18-23-16-6-9-20-8-5-15(16)19(24-18)22-12-14-10-17(25-26-14)13-4-3-7-21-11-13;;/h3-4,7,10-11,20H,2,5-6,8-9,12H2,1H3,(H,22,23,24);2*1H. The van der Waals surface area contributed by atoms with Gasteiger partial charge in [0.25, 0.3) is 0 Å². The third-order valence-corrected chi connectivity index (χ3v) is 4.49. The minimum absolute atomic E-state index is 0. The van der Waals surface area contributed by atoms with Gasteiger partial charge in [-0.2, -0.15) is 0 Å². The Bertz CT molecular complexity index is 887. The Labute approximate surface area is 176 Å². The number of hydrogen-bond acceptors (Lipinski definition) is 7. The number of nitrogens with one attached hydrogen (secondary N) is 2. The summed E-state index contributed by atoms with van der Waals surface area (Å²) < 4.78 is 5.47. The lowest BCUT2D eigenvalue weighted by atomic mass is 10.1. The van der Waals surface area contributed by atoms with E-state index in [9.17, 15) is 0 Å². The second-order valence-corrected chi connectivity index (χ2v) is 6.29. The minimum Gasteiger partial charge on any atom is -0.362 e. The predicted octanol–water partition coefficient (Wildman–Crippen LogP) is 3.23. The lowest BCUT2D eigenvalue weighted by molar-refractivity contribution is 0.390. The Hall–Kier alpha value is -2.22. The van der Waals surface area contributed by atoms with E-state index in [4.69, 9.17) is 14.5 Å². The first-order valence-corrected chi connectivity index (χ1v) is 9.02. The molecule has 1 aliphatic heterocycles. The average Bonchev–Trinajstić information content (AvgIpc) is 3.04. The molecule has 0 atom stereocenters. The molecule has 0 amide bonds. The van der Waals surface area contributed by atoms with Crippen molar-refractivity contribution in [2.45, 2.75) is 32.7 Å². The first kappa shape index (κ1) is 22.1. The van der Waals surface area contributed by atoms with E-state index >= 15 is 0 Å². The van der Waals surface area contributed by atoms with Crippen LogP contribution in [0.3, 0.4) is 0 Å². The summed E-state index contributed by atoms with van der Waals surface area (Å²) in [5.74, 6) is 2.55. The molecule has 0 bridgehead atoms. The fourth-order valence-corrected chi connectivity index (χ4v) is 3.12. The van der Waals surface area contributed by atoms with E-state index in [0.29, 0.717) is 6.54 Å². The highest BCUT2D eigenvalue weighted by molar-refractivity contribution is 5.85. The van der Waals surface area contributed by atoms with Gasteiger partial charge in [-0.25, -0.2) is 9.97 Å². The van der Waals surface area contributed by atoms with Crippen molar-refractivity contribution in [2.75, 3.05) is 18.4 Å². The van der Waals surface area contributed by atoms with E-state index in [1.54, 1.807) is 12.4 Å². The van der Waals surface area contributed by atoms with Gasteiger partial charge in [0.05, 0.1) is 12.2 Å². The molecule has 9 heteroatoms. The SMILES string of the molecule is CCc1nc2c(c(NCc3cc(-c4cccnc4)no3)n1)CCNCC2.Cl.Cl. The lowest BCUT2D eigenvalue weighted by Gasteiger charge is -2.13. The van der Waals surface area contributed by atoms with Crippen molar-refractivity contribution in [1.29, 1.82) is 0 Å². The largest absolute Gasteiger partial charge is 0.362 e. The smallest absolute Gasteiger partial charge is 0.156 e. The summed E-state index contributed by atoms with van der Waals surface area (Å²) >= 11 is 0. The van der Waals surface area contributed by atoms with E-state index in [1.807, 2.05) is 18.2 Å². The van der Waals surface area contributed by atoms with Gasteiger partial charge in [-0.3, -0.25) is 4.98 Å². The van der Waals surface area contributed by atoms with Crippen molar-refractivity contribution >= 4 is 30.6 Å². The van der Waals surface area contributed by atoms with E-state index in [1.165, 1.54) is 5.56 Å². The lowest BCUT2D eigenvalue weighted by Crippen LogP contribution is -2.16.